The summed E-state index contributed by atoms with van der Waals surface area (Å²) in [4.78, 5) is 3.37. The lowest BCUT2D eigenvalue weighted by atomic mass is 10.3. The molecule has 1 rings (SSSR count). The van der Waals surface area contributed by atoms with Crippen molar-refractivity contribution in [1.29, 1.82) is 0 Å². The van der Waals surface area contributed by atoms with E-state index in [1.54, 1.807) is 0 Å². The molecule has 0 aliphatic rings. The number of primary sulfonamides is 1. The summed E-state index contributed by atoms with van der Waals surface area (Å²) in [5.74, 6) is 0. The Morgan fingerprint density at radius 3 is 2.40 bits per heavy atom. The van der Waals surface area contributed by atoms with Gasteiger partial charge in [0.1, 0.15) is 4.60 Å². The first-order chi connectivity index (χ1) is 6.73. The Balaban J connectivity index is 3.45. The van der Waals surface area contributed by atoms with E-state index in [0.717, 1.165) is 6.07 Å². The Morgan fingerprint density at radius 2 is 2.07 bits per heavy atom. The minimum Gasteiger partial charge on any atom is -0.227 e. The van der Waals surface area contributed by atoms with Gasteiger partial charge in [-0.15, -0.1) is 0 Å². The quantitative estimate of drug-likeness (QED) is 0.848. The lowest BCUT2D eigenvalue weighted by Crippen LogP contribution is -2.14. The molecule has 9 heteroatoms. The molecule has 2 N–H and O–H groups in total. The number of aromatic nitrogens is 1. The third-order valence-electron chi connectivity index (χ3n) is 1.45. The second-order valence-corrected chi connectivity index (χ2v) is 5.16. The second-order valence-electron chi connectivity index (χ2n) is 2.49. The fourth-order valence-corrected chi connectivity index (χ4v) is 2.46. The SMILES string of the molecule is NS(=O)(=O)c1cc(Cl)c(C(F)F)c(Br)n1. The maximum absolute atomic E-state index is 12.4. The highest BCUT2D eigenvalue weighted by Gasteiger charge is 2.21. The van der Waals surface area contributed by atoms with E-state index >= 15 is 0 Å². The molecule has 4 nitrogen and oxygen atoms in total. The van der Waals surface area contributed by atoms with Gasteiger partial charge in [0.05, 0.1) is 10.6 Å². The van der Waals surface area contributed by atoms with Crippen molar-refractivity contribution in [3.8, 4) is 0 Å². The van der Waals surface area contributed by atoms with Gasteiger partial charge in [-0.25, -0.2) is 27.3 Å². The van der Waals surface area contributed by atoms with E-state index in [2.05, 4.69) is 20.9 Å². The van der Waals surface area contributed by atoms with Crippen LogP contribution in [0.1, 0.15) is 12.0 Å². The molecular formula is C6H4BrClF2N2O2S. The number of alkyl halides is 2. The lowest BCUT2D eigenvalue weighted by molar-refractivity contribution is 0.150. The molecule has 0 spiro atoms. The van der Waals surface area contributed by atoms with Crippen LogP contribution < -0.4 is 5.14 Å². The molecule has 1 heterocycles. The summed E-state index contributed by atoms with van der Waals surface area (Å²) in [6.45, 7) is 0. The molecule has 0 saturated carbocycles. The van der Waals surface area contributed by atoms with E-state index in [1.165, 1.54) is 0 Å². The molecule has 1 aromatic rings. The van der Waals surface area contributed by atoms with Crippen LogP contribution in [0.25, 0.3) is 0 Å². The van der Waals surface area contributed by atoms with Crippen molar-refractivity contribution in [3.63, 3.8) is 0 Å². The monoisotopic (exact) mass is 320 g/mol. The van der Waals surface area contributed by atoms with Crippen molar-refractivity contribution in [2.24, 2.45) is 5.14 Å². The molecule has 0 aliphatic heterocycles. The first kappa shape index (κ1) is 12.8. The van der Waals surface area contributed by atoms with Crippen LogP contribution in [-0.2, 0) is 10.0 Å². The molecule has 1 aromatic heterocycles. The summed E-state index contributed by atoms with van der Waals surface area (Å²) in [6, 6.07) is 0.781. The smallest absolute Gasteiger partial charge is 0.227 e. The van der Waals surface area contributed by atoms with E-state index in [1.807, 2.05) is 0 Å². The molecule has 0 amide bonds. The summed E-state index contributed by atoms with van der Waals surface area (Å²) < 4.78 is 46.2. The van der Waals surface area contributed by atoms with Gasteiger partial charge in [0.15, 0.2) is 5.03 Å². The average Bonchev–Trinajstić information content (AvgIpc) is 1.99. The van der Waals surface area contributed by atoms with Crippen LogP contribution in [-0.4, -0.2) is 13.4 Å². The molecule has 0 aliphatic carbocycles. The van der Waals surface area contributed by atoms with Gasteiger partial charge < -0.3 is 0 Å². The van der Waals surface area contributed by atoms with Gasteiger partial charge in [-0.05, 0) is 22.0 Å². The van der Waals surface area contributed by atoms with E-state index < -0.39 is 32.1 Å². The van der Waals surface area contributed by atoms with Gasteiger partial charge in [-0.1, -0.05) is 11.6 Å². The maximum atomic E-state index is 12.4. The number of hydrogen-bond donors (Lipinski definition) is 1. The number of sulfonamides is 1. The van der Waals surface area contributed by atoms with Crippen LogP contribution in [0.2, 0.25) is 5.02 Å². The topological polar surface area (TPSA) is 73.1 Å². The minimum absolute atomic E-state index is 0.339. The van der Waals surface area contributed by atoms with Gasteiger partial charge >= 0.3 is 0 Å². The maximum Gasteiger partial charge on any atom is 0.267 e. The first-order valence-electron chi connectivity index (χ1n) is 3.40. The van der Waals surface area contributed by atoms with Gasteiger partial charge in [0.2, 0.25) is 0 Å². The molecule has 0 radical (unpaired) electrons. The Morgan fingerprint density at radius 1 is 1.53 bits per heavy atom. The van der Waals surface area contributed by atoms with Crippen molar-refractivity contribution < 1.29 is 17.2 Å². The minimum atomic E-state index is -4.06. The molecule has 84 valence electrons. The molecule has 0 fully saturated rings. The predicted octanol–water partition coefficient (Wildman–Crippen LogP) is 2.08. The zero-order chi connectivity index (χ0) is 11.8. The fourth-order valence-electron chi connectivity index (χ4n) is 0.814. The number of halogens is 4. The number of nitrogens with two attached hydrogens (primary N) is 1. The summed E-state index contributed by atoms with van der Waals surface area (Å²) >= 11 is 8.16. The van der Waals surface area contributed by atoms with Crippen LogP contribution in [0.15, 0.2) is 15.7 Å². The molecule has 0 atom stereocenters. The van der Waals surface area contributed by atoms with E-state index in [4.69, 9.17) is 16.7 Å². The van der Waals surface area contributed by atoms with Crippen molar-refractivity contribution >= 4 is 37.6 Å². The Labute approximate surface area is 97.6 Å². The molecule has 0 saturated heterocycles. The third kappa shape index (κ3) is 2.83. The number of rotatable bonds is 2. The highest BCUT2D eigenvalue weighted by molar-refractivity contribution is 9.10. The number of hydrogen-bond acceptors (Lipinski definition) is 3. The van der Waals surface area contributed by atoms with E-state index in [9.17, 15) is 17.2 Å². The Kier molecular flexibility index (Phi) is 3.64. The number of nitrogens with zero attached hydrogens (tertiary/aromatic N) is 1. The van der Waals surface area contributed by atoms with Crippen LogP contribution in [0, 0.1) is 0 Å². The number of pyridine rings is 1. The zero-order valence-corrected chi connectivity index (χ0v) is 10.1. The third-order valence-corrected chi connectivity index (χ3v) is 3.16. The van der Waals surface area contributed by atoms with E-state index in [-0.39, 0.29) is 4.60 Å². The van der Waals surface area contributed by atoms with Crippen LogP contribution in [0.4, 0.5) is 8.78 Å². The van der Waals surface area contributed by atoms with Gasteiger partial charge in [-0.2, -0.15) is 0 Å². The Hall–Kier alpha value is -0.310. The molecule has 0 bridgehead atoms. The summed E-state index contributed by atoms with van der Waals surface area (Å²) in [6.07, 6.45) is -2.85. The van der Waals surface area contributed by atoms with Gasteiger partial charge in [0.25, 0.3) is 16.4 Å². The highest BCUT2D eigenvalue weighted by Crippen LogP contribution is 2.33. The largest absolute Gasteiger partial charge is 0.267 e. The molecular weight excluding hydrogens is 317 g/mol. The van der Waals surface area contributed by atoms with Crippen LogP contribution in [0.5, 0.6) is 0 Å². The predicted molar refractivity (Wildman–Crippen MR) is 53.3 cm³/mol. The molecule has 0 unspecified atom stereocenters. The van der Waals surface area contributed by atoms with Crippen LogP contribution in [0.3, 0.4) is 0 Å². The van der Waals surface area contributed by atoms with Crippen LogP contribution >= 0.6 is 27.5 Å². The van der Waals surface area contributed by atoms with Crippen molar-refractivity contribution in [2.45, 2.75) is 11.5 Å². The zero-order valence-electron chi connectivity index (χ0n) is 6.92. The van der Waals surface area contributed by atoms with Crippen molar-refractivity contribution in [3.05, 3.63) is 21.3 Å². The Bertz CT molecular complexity index is 471. The standard InChI is InChI=1S/C6H4BrClF2N2O2S/c7-5-4(6(9)10)2(8)1-3(12-5)15(11,13)14/h1,6H,(H2,11,13,14). The second kappa shape index (κ2) is 4.28. The highest BCUT2D eigenvalue weighted by atomic mass is 79.9. The lowest BCUT2D eigenvalue weighted by Gasteiger charge is -2.06. The summed E-state index contributed by atoms with van der Waals surface area (Å²) in [5.41, 5.74) is -0.566. The van der Waals surface area contributed by atoms with E-state index in [0.29, 0.717) is 0 Å². The average molecular weight is 322 g/mol. The molecule has 0 aromatic carbocycles. The van der Waals surface area contributed by atoms with Gasteiger partial charge in [0, 0.05) is 0 Å². The van der Waals surface area contributed by atoms with Crippen molar-refractivity contribution in [1.82, 2.24) is 4.98 Å². The summed E-state index contributed by atoms with van der Waals surface area (Å²) in [7, 11) is -4.06. The first-order valence-corrected chi connectivity index (χ1v) is 6.12. The fraction of sp³-hybridized carbons (Fsp3) is 0.167. The molecule has 15 heavy (non-hydrogen) atoms. The normalized spacial score (nSPS) is 12.1. The van der Waals surface area contributed by atoms with Gasteiger partial charge in [-0.3, -0.25) is 0 Å². The summed E-state index contributed by atoms with van der Waals surface area (Å²) in [5, 5.41) is 3.79. The van der Waals surface area contributed by atoms with Crippen molar-refractivity contribution in [2.75, 3.05) is 0 Å².